The standard InChI is InChI=1S/H6N4P2/c1-5-4-6(2)3/h2-3H2,(H2,1,4). The van der Waals surface area contributed by atoms with Crippen LogP contribution in [0.3, 0.4) is 0 Å². The molecule has 0 atom stereocenters. The van der Waals surface area contributed by atoms with Crippen LogP contribution in [0, 0.1) is 0 Å². The first-order chi connectivity index (χ1) is 2.77. The normalized spacial score (nSPS) is 11.3. The van der Waals surface area contributed by atoms with Gasteiger partial charge in [-0.2, -0.15) is 4.52 Å². The lowest BCUT2D eigenvalue weighted by Crippen LogP contribution is -1.92. The fourth-order valence-electron chi connectivity index (χ4n) is 0.0596. The predicted molar refractivity (Wildman–Crippen MR) is 28.8 cm³/mol. The zero-order chi connectivity index (χ0) is 4.99. The third-order valence-electron chi connectivity index (χ3n) is 0.155. The Balaban J connectivity index is 3.03. The summed E-state index contributed by atoms with van der Waals surface area (Å²) >= 11 is 0. The van der Waals surface area contributed by atoms with E-state index in [1.807, 2.05) is 0 Å². The van der Waals surface area contributed by atoms with Crippen molar-refractivity contribution in [3.8, 4) is 0 Å². The van der Waals surface area contributed by atoms with Crippen LogP contribution in [0.2, 0.25) is 0 Å². The van der Waals surface area contributed by atoms with E-state index in [-0.39, 0.29) is 0 Å². The molecule has 0 aromatic rings. The van der Waals surface area contributed by atoms with Gasteiger partial charge in [0.05, 0.1) is 8.52 Å². The fourth-order valence-corrected chi connectivity index (χ4v) is 0.537. The summed E-state index contributed by atoms with van der Waals surface area (Å²) in [6, 6.07) is 0. The van der Waals surface area contributed by atoms with Crippen molar-refractivity contribution in [3.05, 3.63) is 0 Å². The van der Waals surface area contributed by atoms with Crippen molar-refractivity contribution in [2.24, 2.45) is 21.0 Å². The largest absolute Gasteiger partial charge is 0.279 e. The molecule has 0 aromatic carbocycles. The average molecular weight is 124 g/mol. The van der Waals surface area contributed by atoms with Crippen LogP contribution in [-0.2, 0) is 0 Å². The van der Waals surface area contributed by atoms with Gasteiger partial charge in [-0.05, 0) is 0 Å². The van der Waals surface area contributed by atoms with E-state index in [0.29, 0.717) is 8.52 Å². The molecule has 0 aromatic heterocycles. The van der Waals surface area contributed by atoms with Gasteiger partial charge in [-0.1, -0.05) is 0 Å². The smallest absolute Gasteiger partial charge is 0.163 e. The summed E-state index contributed by atoms with van der Waals surface area (Å²) in [5.41, 5.74) is 14.9. The van der Waals surface area contributed by atoms with Gasteiger partial charge in [0, 0.05) is 0 Å². The molecule has 0 rings (SSSR count). The molecule has 4 nitrogen and oxygen atoms in total. The number of nitrogens with two attached hydrogens (primary N) is 3. The van der Waals surface area contributed by atoms with Crippen molar-refractivity contribution in [2.75, 3.05) is 0 Å². The van der Waals surface area contributed by atoms with Gasteiger partial charge >= 0.3 is 0 Å². The quantitative estimate of drug-likeness (QED) is 0.434. The van der Waals surface area contributed by atoms with E-state index in [0.717, 1.165) is 0 Å². The molecule has 0 amide bonds. The highest BCUT2D eigenvalue weighted by Crippen LogP contribution is 2.17. The Morgan fingerprint density at radius 1 is 1.50 bits per heavy atom. The molecule has 0 heterocycles. The Morgan fingerprint density at radius 2 is 2.00 bits per heavy atom. The molecule has 6 heteroatoms. The third-order valence-corrected chi connectivity index (χ3v) is 1.39. The van der Waals surface area contributed by atoms with E-state index in [1.54, 1.807) is 0 Å². The first kappa shape index (κ1) is 6.41. The van der Waals surface area contributed by atoms with Gasteiger partial charge in [-0.3, -0.25) is 16.5 Å². The molecule has 0 aliphatic carbocycles. The van der Waals surface area contributed by atoms with Crippen molar-refractivity contribution < 1.29 is 0 Å². The minimum Gasteiger partial charge on any atom is -0.279 e. The second-order valence-corrected chi connectivity index (χ2v) is 2.29. The van der Waals surface area contributed by atoms with Crippen LogP contribution >= 0.6 is 16.9 Å². The summed E-state index contributed by atoms with van der Waals surface area (Å²) in [5, 5.41) is 0. The lowest BCUT2D eigenvalue weighted by atomic mass is 13.8. The highest BCUT2D eigenvalue weighted by atomic mass is 31.2. The van der Waals surface area contributed by atoms with Gasteiger partial charge in [0.1, 0.15) is 0 Å². The van der Waals surface area contributed by atoms with Crippen molar-refractivity contribution in [3.63, 3.8) is 0 Å². The Morgan fingerprint density at radius 3 is 2.00 bits per heavy atom. The molecule has 0 aliphatic heterocycles. The zero-order valence-electron chi connectivity index (χ0n) is 3.07. The Hall–Kier alpha value is 0.410. The van der Waals surface area contributed by atoms with E-state index >= 15 is 0 Å². The Bertz CT molecular complexity index is 47.5. The van der Waals surface area contributed by atoms with E-state index in [9.17, 15) is 0 Å². The van der Waals surface area contributed by atoms with E-state index in [1.165, 1.54) is 0 Å². The van der Waals surface area contributed by atoms with Gasteiger partial charge in [0.15, 0.2) is 8.37 Å². The average Bonchev–Trinajstić information content (AvgIpc) is 1.35. The van der Waals surface area contributed by atoms with Crippen LogP contribution in [0.25, 0.3) is 0 Å². The lowest BCUT2D eigenvalue weighted by Gasteiger charge is -1.87. The molecule has 6 N–H and O–H groups in total. The molecule has 0 spiro atoms. The summed E-state index contributed by atoms with van der Waals surface area (Å²) in [5.74, 6) is 0. The number of nitrogens with zero attached hydrogens (tertiary/aromatic N) is 1. The number of hydrogen-bond donors (Lipinski definition) is 3. The van der Waals surface area contributed by atoms with Gasteiger partial charge in [0.25, 0.3) is 0 Å². The highest BCUT2D eigenvalue weighted by molar-refractivity contribution is 7.55. The highest BCUT2D eigenvalue weighted by Gasteiger charge is 1.78. The molecular formula is H6N4P2. The SMILES string of the molecule is NP=NP(N)N. The monoisotopic (exact) mass is 124 g/mol. The van der Waals surface area contributed by atoms with Crippen molar-refractivity contribution in [1.82, 2.24) is 0 Å². The van der Waals surface area contributed by atoms with Gasteiger partial charge < -0.3 is 0 Å². The molecule has 0 unspecified atom stereocenters. The second-order valence-electron chi connectivity index (χ2n) is 0.585. The summed E-state index contributed by atoms with van der Waals surface area (Å²) in [4.78, 5) is 0. The van der Waals surface area contributed by atoms with Crippen molar-refractivity contribution in [2.45, 2.75) is 0 Å². The first-order valence-corrected chi connectivity index (χ1v) is 3.52. The van der Waals surface area contributed by atoms with E-state index < -0.39 is 8.37 Å². The Labute approximate surface area is 38.9 Å². The second kappa shape index (κ2) is 3.59. The molecule has 0 aliphatic rings. The van der Waals surface area contributed by atoms with Crippen LogP contribution in [0.1, 0.15) is 0 Å². The minimum atomic E-state index is -1.11. The topological polar surface area (TPSA) is 90.4 Å². The lowest BCUT2D eigenvalue weighted by molar-refractivity contribution is 1.70. The maximum Gasteiger partial charge on any atom is 0.163 e. The molecule has 0 fully saturated rings. The predicted octanol–water partition coefficient (Wildman–Crippen LogP) is 0.134. The molecule has 0 bridgehead atoms. The summed E-state index contributed by atoms with van der Waals surface area (Å²) < 4.78 is 3.50. The van der Waals surface area contributed by atoms with Crippen molar-refractivity contribution in [1.29, 1.82) is 0 Å². The summed E-state index contributed by atoms with van der Waals surface area (Å²) in [6.45, 7) is 0. The molecule has 6 heavy (non-hydrogen) atoms. The third kappa shape index (κ3) is 4.41. The van der Waals surface area contributed by atoms with Gasteiger partial charge in [-0.25, -0.2) is 0 Å². The number of hydrogen-bond acceptors (Lipinski definition) is 3. The van der Waals surface area contributed by atoms with Gasteiger partial charge in [0.2, 0.25) is 0 Å². The van der Waals surface area contributed by atoms with E-state index in [2.05, 4.69) is 4.52 Å². The number of rotatable bonds is 1. The van der Waals surface area contributed by atoms with E-state index in [4.69, 9.17) is 16.5 Å². The summed E-state index contributed by atoms with van der Waals surface area (Å²) in [7, 11) is -0.685. The minimum absolute atomic E-state index is 0.428. The van der Waals surface area contributed by atoms with Crippen LogP contribution in [-0.4, -0.2) is 0 Å². The summed E-state index contributed by atoms with van der Waals surface area (Å²) in [6.07, 6.45) is 0. The van der Waals surface area contributed by atoms with Gasteiger partial charge in [-0.15, -0.1) is 0 Å². The molecule has 0 saturated heterocycles. The first-order valence-electron chi connectivity index (χ1n) is 1.17. The zero-order valence-corrected chi connectivity index (χ0v) is 4.86. The maximum absolute atomic E-state index is 4.99. The van der Waals surface area contributed by atoms with Crippen LogP contribution in [0.4, 0.5) is 0 Å². The van der Waals surface area contributed by atoms with Crippen LogP contribution in [0.15, 0.2) is 4.52 Å². The Kier molecular flexibility index (Phi) is 3.84. The molecule has 0 saturated carbocycles. The van der Waals surface area contributed by atoms with Crippen LogP contribution in [0.5, 0.6) is 0 Å². The van der Waals surface area contributed by atoms with Crippen molar-refractivity contribution >= 4 is 16.9 Å². The molecular weight excluding hydrogens is 118 g/mol. The molecule has 36 valence electrons. The van der Waals surface area contributed by atoms with Crippen LogP contribution < -0.4 is 16.5 Å². The maximum atomic E-state index is 4.99. The fraction of sp³-hybridized carbons (Fsp3) is 0. The molecule has 0 radical (unpaired) electrons.